The summed E-state index contributed by atoms with van der Waals surface area (Å²) in [6.07, 6.45) is 0. The molecule has 3 heteroatoms. The first-order valence-corrected chi connectivity index (χ1v) is 5.58. The number of thioether (sulfide) groups is 1. The van der Waals surface area contributed by atoms with Gasteiger partial charge in [-0.2, -0.15) is 0 Å². The summed E-state index contributed by atoms with van der Waals surface area (Å²) in [5, 5.41) is 0. The Morgan fingerprint density at radius 3 is 3.00 bits per heavy atom. The van der Waals surface area contributed by atoms with Gasteiger partial charge < -0.3 is 0 Å². The first-order valence-electron chi connectivity index (χ1n) is 1.99. The highest BCUT2D eigenvalue weighted by Gasteiger charge is 2.00. The van der Waals surface area contributed by atoms with Crippen LogP contribution in [0.3, 0.4) is 0 Å². The summed E-state index contributed by atoms with van der Waals surface area (Å²) in [6.45, 7) is 1.04. The number of halogens is 1. The average molecular weight is 227 g/mol. The topological polar surface area (TPSA) is 12.4 Å². The molecule has 0 radical (unpaired) electrons. The third kappa shape index (κ3) is 1.53. The van der Waals surface area contributed by atoms with Crippen molar-refractivity contribution in [3.05, 3.63) is 0 Å². The maximum absolute atomic E-state index is 4.22. The van der Waals surface area contributed by atoms with Gasteiger partial charge in [-0.1, -0.05) is 37.0 Å². The Balaban J connectivity index is 2.51. The zero-order valence-electron chi connectivity index (χ0n) is 3.85. The molecular formula is C4H6INS. The maximum atomic E-state index is 4.22. The van der Waals surface area contributed by atoms with Crippen molar-refractivity contribution < 1.29 is 0 Å². The van der Waals surface area contributed by atoms with E-state index < -0.39 is 0 Å². The van der Waals surface area contributed by atoms with Gasteiger partial charge in [-0.05, 0) is 0 Å². The van der Waals surface area contributed by atoms with E-state index in [1.54, 1.807) is 0 Å². The molecule has 0 saturated heterocycles. The van der Waals surface area contributed by atoms with Crippen LogP contribution in [0.5, 0.6) is 0 Å². The van der Waals surface area contributed by atoms with Crippen molar-refractivity contribution in [2.75, 3.05) is 12.3 Å². The van der Waals surface area contributed by atoms with E-state index in [4.69, 9.17) is 0 Å². The van der Waals surface area contributed by atoms with Crippen molar-refractivity contribution in [3.8, 4) is 0 Å². The van der Waals surface area contributed by atoms with Gasteiger partial charge in [0, 0.05) is 5.75 Å². The zero-order chi connectivity index (χ0) is 5.11. The molecule has 0 N–H and O–H groups in total. The molecule has 1 aliphatic rings. The van der Waals surface area contributed by atoms with Crippen molar-refractivity contribution in [1.29, 1.82) is 0 Å². The summed E-state index contributed by atoms with van der Waals surface area (Å²) in [4.78, 5) is 4.22. The Morgan fingerprint density at radius 1 is 1.86 bits per heavy atom. The number of rotatable bonds is 1. The summed E-state index contributed by atoms with van der Waals surface area (Å²) in [6, 6.07) is 0. The molecule has 7 heavy (non-hydrogen) atoms. The number of nitrogens with zero attached hydrogens (tertiary/aromatic N) is 1. The highest BCUT2D eigenvalue weighted by molar-refractivity contribution is 14.2. The Bertz CT molecular complexity index is 110. The predicted octanol–water partition coefficient (Wildman–Crippen LogP) is 1.49. The molecule has 40 valence electrons. The van der Waals surface area contributed by atoms with Crippen molar-refractivity contribution in [3.63, 3.8) is 0 Å². The van der Waals surface area contributed by atoms with E-state index in [-0.39, 0.29) is 20.7 Å². The van der Waals surface area contributed by atoms with Crippen molar-refractivity contribution in [2.24, 2.45) is 4.99 Å². The molecule has 1 nitrogen and oxygen atoms in total. The normalized spacial score (nSPS) is 19.7. The molecule has 0 atom stereocenters. The third-order valence-electron chi connectivity index (χ3n) is 0.663. The Morgan fingerprint density at radius 2 is 2.71 bits per heavy atom. The molecule has 0 saturated carbocycles. The molecular weight excluding hydrogens is 221 g/mol. The summed E-state index contributed by atoms with van der Waals surface area (Å²) in [5.74, 6) is 1.20. The lowest BCUT2D eigenvalue weighted by Crippen LogP contribution is -1.69. The highest BCUT2D eigenvalue weighted by Crippen LogP contribution is 2.19. The Kier molecular flexibility index (Phi) is 2.31. The maximum Gasteiger partial charge on any atom is 0.122 e. The van der Waals surface area contributed by atoms with E-state index in [2.05, 4.69) is 9.51 Å². The molecule has 0 amide bonds. The minimum absolute atomic E-state index is 0.0669. The minimum atomic E-state index is 0.0669. The van der Waals surface area contributed by atoms with E-state index in [0.717, 1.165) is 6.54 Å². The summed E-state index contributed by atoms with van der Waals surface area (Å²) in [7, 11) is 0. The molecule has 1 aliphatic heterocycles. The molecule has 0 aromatic heterocycles. The van der Waals surface area contributed by atoms with Gasteiger partial charge in [-0.3, -0.25) is 4.99 Å². The van der Waals surface area contributed by atoms with Crippen LogP contribution in [0.4, 0.5) is 0 Å². The van der Waals surface area contributed by atoms with E-state index in [1.165, 1.54) is 8.80 Å². The van der Waals surface area contributed by atoms with Gasteiger partial charge >= 0.3 is 0 Å². The minimum Gasteiger partial charge on any atom is -0.272 e. The largest absolute Gasteiger partial charge is 0.272 e. The summed E-state index contributed by atoms with van der Waals surface area (Å²) in [5.41, 5.74) is 0. The van der Waals surface area contributed by atoms with Crippen LogP contribution in [-0.4, -0.2) is 19.9 Å². The molecule has 0 aromatic carbocycles. The van der Waals surface area contributed by atoms with Crippen LogP contribution < -0.4 is 0 Å². The lowest BCUT2D eigenvalue weighted by atomic mass is 10.8. The van der Waals surface area contributed by atoms with E-state index >= 15 is 0 Å². The molecule has 0 aliphatic carbocycles. The number of aliphatic imine (C=N–C) groups is 1. The second-order valence-electron chi connectivity index (χ2n) is 1.12. The Hall–Kier alpha value is 0.620. The fourth-order valence-corrected chi connectivity index (χ4v) is 2.80. The van der Waals surface area contributed by atoms with Crippen molar-refractivity contribution in [2.45, 2.75) is 0 Å². The van der Waals surface area contributed by atoms with Gasteiger partial charge in [0.1, 0.15) is 3.05 Å². The monoisotopic (exact) mass is 227 g/mol. The van der Waals surface area contributed by atoms with Gasteiger partial charge in [-0.25, -0.2) is 0 Å². The molecule has 1 rings (SSSR count). The van der Waals surface area contributed by atoms with Crippen LogP contribution in [-0.2, 0) is 0 Å². The van der Waals surface area contributed by atoms with Crippen molar-refractivity contribution >= 4 is 40.1 Å². The van der Waals surface area contributed by atoms with Crippen LogP contribution in [0.1, 0.15) is 0 Å². The van der Waals surface area contributed by atoms with Crippen LogP contribution in [0, 0.1) is 0 Å². The quantitative estimate of drug-likeness (QED) is 0.618. The molecule has 0 unspecified atom stereocenters. The van der Waals surface area contributed by atoms with Gasteiger partial charge in [0.25, 0.3) is 0 Å². The standard InChI is InChI=1S/C4H6INS/c1-5-4-6-2-3-7-4/h1-3H2. The van der Waals surface area contributed by atoms with Gasteiger partial charge in [0.05, 0.1) is 6.54 Å². The molecule has 0 bridgehead atoms. The fourth-order valence-electron chi connectivity index (χ4n) is 0.390. The number of hydrogen-bond donors (Lipinski definition) is 0. The molecule has 0 fully saturated rings. The van der Waals surface area contributed by atoms with Crippen LogP contribution in [0.25, 0.3) is 0 Å². The van der Waals surface area contributed by atoms with Crippen LogP contribution in [0.15, 0.2) is 4.99 Å². The lowest BCUT2D eigenvalue weighted by molar-refractivity contribution is 1.18. The second-order valence-corrected chi connectivity index (χ2v) is 4.72. The van der Waals surface area contributed by atoms with Crippen molar-refractivity contribution in [1.82, 2.24) is 0 Å². The second kappa shape index (κ2) is 2.81. The van der Waals surface area contributed by atoms with E-state index in [1.807, 2.05) is 11.8 Å². The van der Waals surface area contributed by atoms with Gasteiger partial charge in [0.15, 0.2) is 0 Å². The fraction of sp³-hybridized carbons (Fsp3) is 0.500. The smallest absolute Gasteiger partial charge is 0.122 e. The van der Waals surface area contributed by atoms with Gasteiger partial charge in [0.2, 0.25) is 0 Å². The van der Waals surface area contributed by atoms with Gasteiger partial charge in [-0.15, -0.1) is 0 Å². The van der Waals surface area contributed by atoms with Crippen LogP contribution >= 0.6 is 32.5 Å². The predicted molar refractivity (Wildman–Crippen MR) is 45.9 cm³/mol. The zero-order valence-corrected chi connectivity index (χ0v) is 6.83. The molecule has 0 spiro atoms. The highest BCUT2D eigenvalue weighted by atomic mass is 127. The molecule has 1 heterocycles. The summed E-state index contributed by atoms with van der Waals surface area (Å²) < 4.78 is 5.16. The first kappa shape index (κ1) is 5.75. The number of hydrogen-bond acceptors (Lipinski definition) is 2. The summed E-state index contributed by atoms with van der Waals surface area (Å²) >= 11 is 1.95. The lowest BCUT2D eigenvalue weighted by Gasteiger charge is -1.79. The first-order chi connectivity index (χ1) is 3.43. The third-order valence-corrected chi connectivity index (χ3v) is 4.08. The molecule has 0 aromatic rings. The van der Waals surface area contributed by atoms with E-state index in [0.29, 0.717) is 0 Å². The SMILES string of the molecule is C=IC1=NCCS1. The average Bonchev–Trinajstić information content (AvgIpc) is 2.14. The van der Waals surface area contributed by atoms with E-state index in [9.17, 15) is 0 Å². The van der Waals surface area contributed by atoms with Crippen LogP contribution in [0.2, 0.25) is 0 Å². The Labute approximate surface area is 57.3 Å².